The molecular formula is C13H15N3OS2. The van der Waals surface area contributed by atoms with E-state index in [-0.39, 0.29) is 5.91 Å². The first kappa shape index (κ1) is 12.8. The molecule has 3 rings (SSSR count). The first-order valence-corrected chi connectivity index (χ1v) is 7.99. The topological polar surface area (TPSA) is 68.0 Å². The number of hydrogen-bond acceptors (Lipinski definition) is 5. The lowest BCUT2D eigenvalue weighted by Gasteiger charge is -2.00. The van der Waals surface area contributed by atoms with Crippen LogP contribution in [0.25, 0.3) is 0 Å². The Kier molecular flexibility index (Phi) is 3.63. The Bertz CT molecular complexity index is 581. The minimum Gasteiger partial charge on any atom is -0.346 e. The molecule has 2 aromatic heterocycles. The number of thiazole rings is 1. The number of thiophene rings is 1. The van der Waals surface area contributed by atoms with Crippen LogP contribution >= 0.6 is 22.7 Å². The Balaban J connectivity index is 1.60. The number of carbonyl (C=O) groups is 1. The number of nitrogens with one attached hydrogen (secondary N) is 1. The Hall–Kier alpha value is -1.24. The fourth-order valence-electron chi connectivity index (χ4n) is 2.24. The number of nitrogens with two attached hydrogens (primary N) is 1. The van der Waals surface area contributed by atoms with Crippen molar-refractivity contribution in [3.8, 4) is 0 Å². The summed E-state index contributed by atoms with van der Waals surface area (Å²) >= 11 is 3.24. The number of aryl methyl sites for hydroxylation is 2. The van der Waals surface area contributed by atoms with Crippen LogP contribution in [-0.4, -0.2) is 10.9 Å². The van der Waals surface area contributed by atoms with Gasteiger partial charge in [-0.2, -0.15) is 0 Å². The van der Waals surface area contributed by atoms with Crippen LogP contribution in [0.3, 0.4) is 0 Å². The second-order valence-electron chi connectivity index (χ2n) is 4.53. The Labute approximate surface area is 119 Å². The van der Waals surface area contributed by atoms with Crippen molar-refractivity contribution in [3.05, 3.63) is 37.5 Å². The Morgan fingerprint density at radius 2 is 2.37 bits per heavy atom. The molecule has 1 aliphatic rings. The van der Waals surface area contributed by atoms with E-state index in [0.717, 1.165) is 5.01 Å². The first-order valence-electron chi connectivity index (χ1n) is 6.29. The summed E-state index contributed by atoms with van der Waals surface area (Å²) in [4.78, 5) is 18.8. The van der Waals surface area contributed by atoms with Crippen LogP contribution in [0.1, 0.15) is 37.2 Å². The lowest BCUT2D eigenvalue weighted by molar-refractivity contribution is 0.0947. The predicted molar refractivity (Wildman–Crippen MR) is 77.5 cm³/mol. The highest BCUT2D eigenvalue weighted by Crippen LogP contribution is 2.30. The fourth-order valence-corrected chi connectivity index (χ4v) is 4.10. The zero-order valence-electron chi connectivity index (χ0n) is 10.4. The van der Waals surface area contributed by atoms with Crippen molar-refractivity contribution in [2.75, 3.05) is 0 Å². The standard InChI is InChI=1S/C13H15N3OS2/c14-5-12-16-10(7-18-12)13(17)15-6-9-4-8-2-1-3-11(8)19-9/h4,7H,1-3,5-6,14H2,(H,15,17). The molecule has 6 heteroatoms. The van der Waals surface area contributed by atoms with Crippen LogP contribution in [0.4, 0.5) is 0 Å². The van der Waals surface area contributed by atoms with E-state index in [4.69, 9.17) is 5.73 Å². The van der Waals surface area contributed by atoms with Gasteiger partial charge in [0.1, 0.15) is 10.7 Å². The van der Waals surface area contributed by atoms with Crippen LogP contribution < -0.4 is 11.1 Å². The van der Waals surface area contributed by atoms with Gasteiger partial charge in [-0.1, -0.05) is 0 Å². The van der Waals surface area contributed by atoms with E-state index in [9.17, 15) is 4.79 Å². The van der Waals surface area contributed by atoms with Crippen LogP contribution in [0, 0.1) is 0 Å². The molecule has 0 aromatic carbocycles. The van der Waals surface area contributed by atoms with Crippen molar-refractivity contribution in [1.82, 2.24) is 10.3 Å². The summed E-state index contributed by atoms with van der Waals surface area (Å²) < 4.78 is 0. The first-order chi connectivity index (χ1) is 9.26. The molecular weight excluding hydrogens is 278 g/mol. The predicted octanol–water partition coefficient (Wildman–Crippen LogP) is 2.08. The highest BCUT2D eigenvalue weighted by atomic mass is 32.1. The number of carbonyl (C=O) groups excluding carboxylic acids is 1. The van der Waals surface area contributed by atoms with Crippen molar-refractivity contribution in [2.45, 2.75) is 32.4 Å². The van der Waals surface area contributed by atoms with Gasteiger partial charge in [-0.05, 0) is 30.9 Å². The van der Waals surface area contributed by atoms with Crippen LogP contribution in [0.5, 0.6) is 0 Å². The van der Waals surface area contributed by atoms with Gasteiger partial charge in [-0.3, -0.25) is 4.79 Å². The molecule has 0 atom stereocenters. The largest absolute Gasteiger partial charge is 0.346 e. The molecule has 0 unspecified atom stereocenters. The normalized spacial score (nSPS) is 13.5. The van der Waals surface area contributed by atoms with Gasteiger partial charge in [0.25, 0.3) is 5.91 Å². The molecule has 100 valence electrons. The number of aromatic nitrogens is 1. The van der Waals surface area contributed by atoms with Crippen LogP contribution in [0.15, 0.2) is 11.4 Å². The number of hydrogen-bond donors (Lipinski definition) is 2. The van der Waals surface area contributed by atoms with Gasteiger partial charge in [0, 0.05) is 21.7 Å². The molecule has 0 saturated carbocycles. The lowest BCUT2D eigenvalue weighted by atomic mass is 10.2. The number of amides is 1. The molecule has 2 aromatic rings. The van der Waals surface area contributed by atoms with Crippen molar-refractivity contribution in [2.24, 2.45) is 5.73 Å². The highest BCUT2D eigenvalue weighted by Gasteiger charge is 2.15. The van der Waals surface area contributed by atoms with Gasteiger partial charge in [-0.15, -0.1) is 22.7 Å². The third kappa shape index (κ3) is 2.70. The highest BCUT2D eigenvalue weighted by molar-refractivity contribution is 7.12. The molecule has 0 fully saturated rings. The Morgan fingerprint density at radius 3 is 3.11 bits per heavy atom. The maximum absolute atomic E-state index is 11.9. The minimum atomic E-state index is -0.121. The van der Waals surface area contributed by atoms with Gasteiger partial charge < -0.3 is 11.1 Å². The van der Waals surface area contributed by atoms with E-state index in [1.807, 2.05) is 11.3 Å². The maximum Gasteiger partial charge on any atom is 0.271 e. The second kappa shape index (κ2) is 5.40. The number of nitrogens with zero attached hydrogens (tertiary/aromatic N) is 1. The molecule has 0 bridgehead atoms. The molecule has 4 nitrogen and oxygen atoms in total. The third-order valence-corrected chi connectivity index (χ3v) is 5.29. The van der Waals surface area contributed by atoms with E-state index in [0.29, 0.717) is 18.8 Å². The van der Waals surface area contributed by atoms with E-state index < -0.39 is 0 Å². The lowest BCUT2D eigenvalue weighted by Crippen LogP contribution is -2.22. The molecule has 0 aliphatic heterocycles. The summed E-state index contributed by atoms with van der Waals surface area (Å²) in [6.07, 6.45) is 3.65. The Morgan fingerprint density at radius 1 is 1.47 bits per heavy atom. The summed E-state index contributed by atoms with van der Waals surface area (Å²) in [7, 11) is 0. The van der Waals surface area contributed by atoms with Gasteiger partial charge in [-0.25, -0.2) is 4.98 Å². The second-order valence-corrected chi connectivity index (χ2v) is 6.69. The molecule has 19 heavy (non-hydrogen) atoms. The molecule has 0 saturated heterocycles. The molecule has 3 N–H and O–H groups in total. The van der Waals surface area contributed by atoms with Gasteiger partial charge >= 0.3 is 0 Å². The van der Waals surface area contributed by atoms with E-state index in [1.54, 1.807) is 5.38 Å². The molecule has 0 spiro atoms. The zero-order chi connectivity index (χ0) is 13.2. The summed E-state index contributed by atoms with van der Waals surface area (Å²) in [6, 6.07) is 2.22. The van der Waals surface area contributed by atoms with Gasteiger partial charge in [0.2, 0.25) is 0 Å². The molecule has 0 radical (unpaired) electrons. The monoisotopic (exact) mass is 293 g/mol. The quantitative estimate of drug-likeness (QED) is 0.907. The summed E-state index contributed by atoms with van der Waals surface area (Å²) in [5, 5.41) is 5.46. The van der Waals surface area contributed by atoms with Crippen molar-refractivity contribution >= 4 is 28.6 Å². The minimum absolute atomic E-state index is 0.121. The average Bonchev–Trinajstić information content (AvgIpc) is 3.10. The third-order valence-electron chi connectivity index (χ3n) is 3.18. The average molecular weight is 293 g/mol. The number of rotatable bonds is 4. The van der Waals surface area contributed by atoms with Crippen molar-refractivity contribution in [1.29, 1.82) is 0 Å². The smallest absolute Gasteiger partial charge is 0.271 e. The maximum atomic E-state index is 11.9. The summed E-state index contributed by atoms with van der Waals surface area (Å²) in [5.41, 5.74) is 7.42. The van der Waals surface area contributed by atoms with Crippen LogP contribution in [-0.2, 0) is 25.9 Å². The SMILES string of the molecule is NCc1nc(C(=O)NCc2cc3c(s2)CCC3)cs1. The van der Waals surface area contributed by atoms with E-state index in [1.165, 1.54) is 45.9 Å². The van der Waals surface area contributed by atoms with E-state index in [2.05, 4.69) is 16.4 Å². The fraction of sp³-hybridized carbons (Fsp3) is 0.385. The molecule has 1 amide bonds. The summed E-state index contributed by atoms with van der Waals surface area (Å²) in [5.74, 6) is -0.121. The summed E-state index contributed by atoms with van der Waals surface area (Å²) in [6.45, 7) is 0.974. The zero-order valence-corrected chi connectivity index (χ0v) is 12.1. The van der Waals surface area contributed by atoms with E-state index >= 15 is 0 Å². The van der Waals surface area contributed by atoms with Crippen molar-refractivity contribution < 1.29 is 4.79 Å². The number of fused-ring (bicyclic) bond motifs is 1. The van der Waals surface area contributed by atoms with Crippen LogP contribution in [0.2, 0.25) is 0 Å². The van der Waals surface area contributed by atoms with Gasteiger partial charge in [0.15, 0.2) is 0 Å². The van der Waals surface area contributed by atoms with Gasteiger partial charge in [0.05, 0.1) is 6.54 Å². The van der Waals surface area contributed by atoms with Crippen molar-refractivity contribution in [3.63, 3.8) is 0 Å². The molecule has 1 aliphatic carbocycles. The molecule has 2 heterocycles.